The number of ether oxygens (including phenoxy) is 1. The zero-order chi connectivity index (χ0) is 16.3. The second-order valence-electron chi connectivity index (χ2n) is 5.28. The van der Waals surface area contributed by atoms with Crippen molar-refractivity contribution in [3.63, 3.8) is 0 Å². The molecule has 0 aliphatic carbocycles. The first-order valence-corrected chi connectivity index (χ1v) is 7.34. The Kier molecular flexibility index (Phi) is 4.92. The number of amides is 1. The second-order valence-corrected chi connectivity index (χ2v) is 5.66. The Morgan fingerprint density at radius 3 is 2.55 bits per heavy atom. The molecule has 0 bridgehead atoms. The van der Waals surface area contributed by atoms with Crippen LogP contribution in [0.1, 0.15) is 30.9 Å². The molecule has 5 nitrogen and oxygen atoms in total. The van der Waals surface area contributed by atoms with Crippen molar-refractivity contribution in [3.05, 3.63) is 41.1 Å². The van der Waals surface area contributed by atoms with Crippen LogP contribution in [0.5, 0.6) is 0 Å². The number of esters is 1. The molecule has 1 fully saturated rings. The highest BCUT2D eigenvalue weighted by Gasteiger charge is 2.32. The molecule has 0 radical (unpaired) electrons. The van der Waals surface area contributed by atoms with Gasteiger partial charge >= 0.3 is 5.97 Å². The monoisotopic (exact) mass is 318 g/mol. The number of rotatable bonds is 4. The normalized spacial score (nSPS) is 16.4. The fourth-order valence-corrected chi connectivity index (χ4v) is 2.31. The zero-order valence-corrected chi connectivity index (χ0v) is 13.6. The van der Waals surface area contributed by atoms with E-state index in [1.54, 1.807) is 6.08 Å². The van der Waals surface area contributed by atoms with Crippen LogP contribution in [0.3, 0.4) is 0 Å². The van der Waals surface area contributed by atoms with E-state index in [-0.39, 0.29) is 17.6 Å². The summed E-state index contributed by atoms with van der Waals surface area (Å²) in [4.78, 5) is 24.7. The lowest BCUT2D eigenvalue weighted by atomic mass is 10.0. The smallest absolute Gasteiger partial charge is 0.325 e. The van der Waals surface area contributed by atoms with E-state index >= 15 is 0 Å². The van der Waals surface area contributed by atoms with Crippen LogP contribution in [-0.2, 0) is 14.3 Å². The quantitative estimate of drug-likeness (QED) is 0.523. The summed E-state index contributed by atoms with van der Waals surface area (Å²) in [5.41, 5.74) is 2.48. The van der Waals surface area contributed by atoms with Gasteiger partial charge < -0.3 is 10.1 Å². The molecule has 1 amide bonds. The van der Waals surface area contributed by atoms with Gasteiger partial charge in [0.05, 0.1) is 7.11 Å². The highest BCUT2D eigenvalue weighted by atomic mass is 32.1. The van der Waals surface area contributed by atoms with E-state index in [9.17, 15) is 9.59 Å². The molecule has 6 heteroatoms. The van der Waals surface area contributed by atoms with Crippen LogP contribution in [0.2, 0.25) is 0 Å². The van der Waals surface area contributed by atoms with Gasteiger partial charge in [0, 0.05) is 0 Å². The molecule has 2 rings (SSSR count). The maximum absolute atomic E-state index is 12.2. The van der Waals surface area contributed by atoms with E-state index in [4.69, 9.17) is 12.2 Å². The minimum absolute atomic E-state index is 0.190. The molecular weight excluding hydrogens is 300 g/mol. The molecule has 0 atom stereocenters. The van der Waals surface area contributed by atoms with Crippen molar-refractivity contribution in [1.29, 1.82) is 0 Å². The summed E-state index contributed by atoms with van der Waals surface area (Å²) in [5, 5.41) is 3.04. The molecule has 1 N–H and O–H groups in total. The van der Waals surface area contributed by atoms with Crippen LogP contribution in [0, 0.1) is 0 Å². The van der Waals surface area contributed by atoms with Crippen LogP contribution in [0.4, 0.5) is 0 Å². The summed E-state index contributed by atoms with van der Waals surface area (Å²) in [5.74, 6) is -0.389. The van der Waals surface area contributed by atoms with Gasteiger partial charge in [-0.05, 0) is 35.3 Å². The number of benzene rings is 1. The molecule has 0 unspecified atom stereocenters. The van der Waals surface area contributed by atoms with Gasteiger partial charge in [-0.15, -0.1) is 0 Å². The van der Waals surface area contributed by atoms with E-state index in [1.807, 2.05) is 24.3 Å². The fourth-order valence-electron chi connectivity index (χ4n) is 2.05. The Morgan fingerprint density at radius 2 is 2.00 bits per heavy atom. The predicted molar refractivity (Wildman–Crippen MR) is 88.0 cm³/mol. The van der Waals surface area contributed by atoms with Crippen molar-refractivity contribution < 1.29 is 14.3 Å². The van der Waals surface area contributed by atoms with Gasteiger partial charge in [0.25, 0.3) is 5.91 Å². The van der Waals surface area contributed by atoms with Gasteiger partial charge in [-0.25, -0.2) is 0 Å². The molecule has 1 saturated heterocycles. The second kappa shape index (κ2) is 6.70. The molecule has 0 aromatic heterocycles. The fraction of sp³-hybridized carbons (Fsp3) is 0.312. The first-order chi connectivity index (χ1) is 10.4. The zero-order valence-electron chi connectivity index (χ0n) is 12.8. The molecule has 1 aromatic rings. The summed E-state index contributed by atoms with van der Waals surface area (Å²) in [6.45, 7) is 4.06. The molecule has 1 heterocycles. The third-order valence-corrected chi connectivity index (χ3v) is 3.71. The molecule has 1 aliphatic rings. The maximum atomic E-state index is 12.2. The van der Waals surface area contributed by atoms with Crippen molar-refractivity contribution in [1.82, 2.24) is 10.2 Å². The largest absolute Gasteiger partial charge is 0.468 e. The molecule has 0 saturated carbocycles. The average Bonchev–Trinajstić information content (AvgIpc) is 2.75. The molecular formula is C16H18N2O3S. The van der Waals surface area contributed by atoms with E-state index in [2.05, 4.69) is 23.9 Å². The van der Waals surface area contributed by atoms with E-state index in [1.165, 1.54) is 17.6 Å². The average molecular weight is 318 g/mol. The van der Waals surface area contributed by atoms with Crippen molar-refractivity contribution in [2.24, 2.45) is 0 Å². The minimum Gasteiger partial charge on any atom is -0.468 e. The standard InChI is InChI=1S/C16H18N2O3S/c1-10(2)12-6-4-11(5-7-12)8-13-15(20)18(16(22)17-13)9-14(19)21-3/h4-8,10H,9H2,1-3H3,(H,17,22)/b13-8-. The maximum Gasteiger partial charge on any atom is 0.325 e. The lowest BCUT2D eigenvalue weighted by Crippen LogP contribution is -2.35. The topological polar surface area (TPSA) is 58.6 Å². The Bertz CT molecular complexity index is 635. The highest BCUT2D eigenvalue weighted by molar-refractivity contribution is 7.80. The van der Waals surface area contributed by atoms with E-state index in [0.29, 0.717) is 11.6 Å². The summed E-state index contributed by atoms with van der Waals surface area (Å²) in [6, 6.07) is 7.95. The van der Waals surface area contributed by atoms with Gasteiger partial charge in [-0.1, -0.05) is 38.1 Å². The number of carbonyl (C=O) groups is 2. The van der Waals surface area contributed by atoms with Gasteiger partial charge in [0.15, 0.2) is 5.11 Å². The molecule has 1 aromatic carbocycles. The number of methoxy groups -OCH3 is 1. The lowest BCUT2D eigenvalue weighted by molar-refractivity contribution is -0.143. The number of hydrogen-bond acceptors (Lipinski definition) is 4. The number of carbonyl (C=O) groups excluding carboxylic acids is 2. The van der Waals surface area contributed by atoms with Crippen molar-refractivity contribution in [3.8, 4) is 0 Å². The lowest BCUT2D eigenvalue weighted by Gasteiger charge is -2.11. The summed E-state index contributed by atoms with van der Waals surface area (Å²) < 4.78 is 4.56. The van der Waals surface area contributed by atoms with Gasteiger partial charge in [-0.2, -0.15) is 0 Å². The Morgan fingerprint density at radius 1 is 1.36 bits per heavy atom. The Hall–Kier alpha value is -2.21. The van der Waals surface area contributed by atoms with E-state index in [0.717, 1.165) is 5.56 Å². The van der Waals surface area contributed by atoms with Crippen LogP contribution in [0.25, 0.3) is 6.08 Å². The highest BCUT2D eigenvalue weighted by Crippen LogP contribution is 2.18. The van der Waals surface area contributed by atoms with Crippen molar-refractivity contribution in [2.75, 3.05) is 13.7 Å². The first kappa shape index (κ1) is 16.2. The van der Waals surface area contributed by atoms with Crippen LogP contribution < -0.4 is 5.32 Å². The molecule has 0 spiro atoms. The van der Waals surface area contributed by atoms with Crippen molar-refractivity contribution in [2.45, 2.75) is 19.8 Å². The van der Waals surface area contributed by atoms with Gasteiger partial charge in [0.1, 0.15) is 12.2 Å². The first-order valence-electron chi connectivity index (χ1n) is 6.93. The van der Waals surface area contributed by atoms with Crippen LogP contribution in [-0.4, -0.2) is 35.5 Å². The summed E-state index contributed by atoms with van der Waals surface area (Å²) in [6.07, 6.45) is 1.72. The van der Waals surface area contributed by atoms with Gasteiger partial charge in [-0.3, -0.25) is 14.5 Å². The minimum atomic E-state index is -0.514. The number of nitrogens with one attached hydrogen (secondary N) is 1. The van der Waals surface area contributed by atoms with Crippen LogP contribution >= 0.6 is 12.2 Å². The van der Waals surface area contributed by atoms with Crippen LogP contribution in [0.15, 0.2) is 30.0 Å². The molecule has 116 valence electrons. The number of thiocarbonyl (C=S) groups is 1. The van der Waals surface area contributed by atoms with Gasteiger partial charge in [0.2, 0.25) is 0 Å². The Labute approximate surface area is 134 Å². The van der Waals surface area contributed by atoms with Crippen molar-refractivity contribution >= 4 is 35.3 Å². The third kappa shape index (κ3) is 3.51. The Balaban J connectivity index is 2.17. The molecule has 1 aliphatic heterocycles. The summed E-state index contributed by atoms with van der Waals surface area (Å²) in [7, 11) is 1.27. The summed E-state index contributed by atoms with van der Waals surface area (Å²) >= 11 is 5.08. The SMILES string of the molecule is COC(=O)CN1C(=O)/C(=C/c2ccc(C(C)C)cc2)NC1=S. The number of hydrogen-bond donors (Lipinski definition) is 1. The van der Waals surface area contributed by atoms with E-state index < -0.39 is 5.97 Å². The molecule has 22 heavy (non-hydrogen) atoms. The predicted octanol–water partition coefficient (Wildman–Crippen LogP) is 2.04. The third-order valence-electron chi connectivity index (χ3n) is 3.39. The number of nitrogens with zero attached hydrogens (tertiary/aromatic N) is 1.